The Morgan fingerprint density at radius 3 is 2.55 bits per heavy atom. The molecule has 3 N–H and O–H groups in total. The summed E-state index contributed by atoms with van der Waals surface area (Å²) in [4.78, 5) is 57.6. The highest BCUT2D eigenvalue weighted by atomic mass is 19.4. The molecule has 13 nitrogen and oxygen atoms in total. The Kier molecular flexibility index (Phi) is 9.64. The number of benzene rings is 2. The molecule has 1 saturated heterocycles. The van der Waals surface area contributed by atoms with E-state index in [9.17, 15) is 37.7 Å². The predicted octanol–water partition coefficient (Wildman–Crippen LogP) is 6.18. The second-order valence-electron chi connectivity index (χ2n) is 16.4. The molecule has 0 radical (unpaired) electrons. The second-order valence-corrected chi connectivity index (χ2v) is 16.4. The Balaban J connectivity index is 1.16. The number of amides is 2. The van der Waals surface area contributed by atoms with Crippen LogP contribution in [0.15, 0.2) is 59.5 Å². The number of nitrogens with one attached hydrogen (secondary N) is 3. The number of nitro groups is 1. The van der Waals surface area contributed by atoms with Gasteiger partial charge in [0.15, 0.2) is 0 Å². The van der Waals surface area contributed by atoms with Crippen LogP contribution in [-0.2, 0) is 37.0 Å². The first-order valence-corrected chi connectivity index (χ1v) is 18.5. The van der Waals surface area contributed by atoms with Crippen molar-refractivity contribution in [2.75, 3.05) is 10.6 Å². The second kappa shape index (κ2) is 13.8. The number of nitro benzene ring substituents is 1. The highest BCUT2D eigenvalue weighted by Gasteiger charge is 2.67. The minimum atomic E-state index is -4.55. The fourth-order valence-corrected chi connectivity index (χ4v) is 9.20. The molecule has 0 spiro atoms. The molecule has 3 aromatic rings. The number of carbonyl (C=O) groups excluding carboxylic acids is 2. The molecule has 2 aromatic carbocycles. The smallest absolute Gasteiger partial charge is 0.404 e. The first-order valence-electron chi connectivity index (χ1n) is 18.5. The summed E-state index contributed by atoms with van der Waals surface area (Å²) in [6, 6.07) is 9.24. The van der Waals surface area contributed by atoms with Crippen LogP contribution < -0.4 is 21.5 Å². The highest BCUT2D eigenvalue weighted by molar-refractivity contribution is 6.47. The largest absolute Gasteiger partial charge is 0.481 e. The zero-order chi connectivity index (χ0) is 39.7. The molecule has 3 saturated carbocycles. The summed E-state index contributed by atoms with van der Waals surface area (Å²) in [5, 5.41) is 20.1. The third kappa shape index (κ3) is 6.89. The molecule has 3 heterocycles. The summed E-state index contributed by atoms with van der Waals surface area (Å²) in [6.07, 6.45) is -1.38. The number of alkyl halides is 3. The summed E-state index contributed by atoms with van der Waals surface area (Å²) >= 11 is 0. The maximum absolute atomic E-state index is 14.4. The van der Waals surface area contributed by atoms with Crippen molar-refractivity contribution in [2.24, 2.45) is 17.3 Å². The van der Waals surface area contributed by atoms with Gasteiger partial charge in [-0.2, -0.15) is 13.2 Å². The van der Waals surface area contributed by atoms with Crippen molar-refractivity contribution in [3.63, 3.8) is 0 Å². The number of rotatable bonds is 11. The summed E-state index contributed by atoms with van der Waals surface area (Å²) in [7, 11) is -0.728. The van der Waals surface area contributed by atoms with Gasteiger partial charge in [0.25, 0.3) is 11.2 Å². The Morgan fingerprint density at radius 2 is 1.85 bits per heavy atom. The molecule has 4 fully saturated rings. The van der Waals surface area contributed by atoms with E-state index in [1.165, 1.54) is 41.1 Å². The molecule has 3 aliphatic carbocycles. The average Bonchev–Trinajstić information content (AvgIpc) is 3.64. The van der Waals surface area contributed by atoms with Gasteiger partial charge in [-0.15, -0.1) is 0 Å². The quantitative estimate of drug-likeness (QED) is 0.118. The summed E-state index contributed by atoms with van der Waals surface area (Å²) in [6.45, 7) is 10.0. The Bertz CT molecular complexity index is 2100. The van der Waals surface area contributed by atoms with Gasteiger partial charge in [-0.05, 0) is 73.6 Å². The molecule has 1 aromatic heterocycles. The molecule has 5 aliphatic rings. The van der Waals surface area contributed by atoms with E-state index in [-0.39, 0.29) is 59.4 Å². The van der Waals surface area contributed by atoms with E-state index in [0.29, 0.717) is 18.3 Å². The first-order chi connectivity index (χ1) is 25.8. The number of para-hydroxylation sites is 2. The topological polar surface area (TPSA) is 167 Å². The van der Waals surface area contributed by atoms with Gasteiger partial charge < -0.3 is 25.3 Å². The van der Waals surface area contributed by atoms with Gasteiger partial charge in [-0.3, -0.25) is 29.1 Å². The molecular weight excluding hydrogens is 720 g/mol. The zero-order valence-electron chi connectivity index (χ0n) is 31.2. The van der Waals surface area contributed by atoms with Gasteiger partial charge >= 0.3 is 13.3 Å². The minimum absolute atomic E-state index is 0.00889. The number of halogens is 3. The highest BCUT2D eigenvalue weighted by Crippen LogP contribution is 2.64. The van der Waals surface area contributed by atoms with Crippen LogP contribution in [-0.4, -0.2) is 51.1 Å². The third-order valence-corrected chi connectivity index (χ3v) is 12.4. The van der Waals surface area contributed by atoms with Gasteiger partial charge in [0.05, 0.1) is 34.3 Å². The van der Waals surface area contributed by atoms with Crippen LogP contribution in [0.2, 0.25) is 0 Å². The molecule has 292 valence electrons. The van der Waals surface area contributed by atoms with Crippen LogP contribution >= 0.6 is 0 Å². The molecule has 2 bridgehead atoms. The van der Waals surface area contributed by atoms with Gasteiger partial charge in [-0.25, -0.2) is 4.98 Å². The average molecular weight is 765 g/mol. The number of aromatic nitrogens is 2. The molecule has 2 aliphatic heterocycles. The fraction of sp³-hybridized carbons (Fsp3) is 0.526. The summed E-state index contributed by atoms with van der Waals surface area (Å²) in [5.74, 6) is -0.704. The van der Waals surface area contributed by atoms with Crippen molar-refractivity contribution in [3.05, 3.63) is 92.1 Å². The molecule has 55 heavy (non-hydrogen) atoms. The minimum Gasteiger partial charge on any atom is -0.404 e. The van der Waals surface area contributed by atoms with E-state index in [2.05, 4.69) is 41.7 Å². The molecule has 3 unspecified atom stereocenters. The number of carbonyl (C=O) groups is 2. The number of hydrogen-bond acceptors (Lipinski definition) is 9. The Labute approximate surface area is 316 Å². The zero-order valence-corrected chi connectivity index (χ0v) is 31.2. The molecule has 17 heteroatoms. The number of hydrogen-bond donors (Lipinski definition) is 3. The summed E-state index contributed by atoms with van der Waals surface area (Å²) in [5.41, 5.74) is -3.14. The van der Waals surface area contributed by atoms with Gasteiger partial charge in [0.2, 0.25) is 11.8 Å². The number of nitrogens with zero attached hydrogens (tertiary/aromatic N) is 3. The lowest BCUT2D eigenvalue weighted by molar-refractivity contribution is -0.383. The van der Waals surface area contributed by atoms with Crippen molar-refractivity contribution < 1.29 is 37.0 Å². The van der Waals surface area contributed by atoms with Gasteiger partial charge in [0.1, 0.15) is 23.2 Å². The van der Waals surface area contributed by atoms with E-state index in [1.807, 2.05) is 6.92 Å². The van der Waals surface area contributed by atoms with Crippen LogP contribution in [0, 0.1) is 27.4 Å². The van der Waals surface area contributed by atoms with E-state index >= 15 is 0 Å². The standard InChI is InChI=1S/C38H44BF3N6O7/c1-6-29(39-54-31-24-15-23(35(24,2)3)16-37(31,5)55-39)46-32(50)28-17-36(4,18-30(49)45-25-12-7-8-13-27(25)48(52)53)34-44-20-26(33(51)47(28)34)43-19-21-10-9-11-22(14-21)38(40,41)42/h7-14,20,23-24,28-29,31,43H,6,15-19H2,1-5H3,(H,45,49)(H,46,50)/t23?,24?,28-,29-,31?,36-,37-/m0/s1. The van der Waals surface area contributed by atoms with Crippen molar-refractivity contribution in [1.29, 1.82) is 0 Å². The van der Waals surface area contributed by atoms with Crippen LogP contribution in [0.25, 0.3) is 0 Å². The number of fused-ring (bicyclic) bond motifs is 1. The molecule has 7 atom stereocenters. The van der Waals surface area contributed by atoms with Gasteiger partial charge in [-0.1, -0.05) is 52.0 Å². The van der Waals surface area contributed by atoms with E-state index in [0.717, 1.165) is 25.0 Å². The van der Waals surface area contributed by atoms with Crippen LogP contribution in [0.4, 0.5) is 30.2 Å². The Morgan fingerprint density at radius 1 is 1.11 bits per heavy atom. The van der Waals surface area contributed by atoms with Gasteiger partial charge in [0, 0.05) is 24.4 Å². The molecular formula is C38H44BF3N6O7. The molecule has 2 amide bonds. The van der Waals surface area contributed by atoms with E-state index < -0.39 is 64.2 Å². The Hall–Kier alpha value is -4.77. The first kappa shape index (κ1) is 38.5. The van der Waals surface area contributed by atoms with Crippen molar-refractivity contribution in [1.82, 2.24) is 14.9 Å². The maximum Gasteiger partial charge on any atom is 0.481 e. The lowest BCUT2D eigenvalue weighted by Gasteiger charge is -2.63. The fourth-order valence-electron chi connectivity index (χ4n) is 9.20. The normalized spacial score (nSPS) is 28.0. The predicted molar refractivity (Wildman–Crippen MR) is 197 cm³/mol. The SMILES string of the molecule is CC[C@H](NC(=O)[C@@H]1C[C@@](C)(CC(=O)Nc2ccccc2[N+](=O)[O-])c2ncc(NCc3cccc(C(F)(F)F)c3)c(=O)n21)B1OC2C3CC(C[C@]2(C)O1)C3(C)C. The lowest BCUT2D eigenvalue weighted by Crippen LogP contribution is -2.63. The van der Waals surface area contributed by atoms with Crippen molar-refractivity contribution in [2.45, 2.75) is 109 Å². The van der Waals surface area contributed by atoms with Crippen LogP contribution in [0.5, 0.6) is 0 Å². The van der Waals surface area contributed by atoms with Crippen LogP contribution in [0.1, 0.15) is 89.7 Å². The van der Waals surface area contributed by atoms with E-state index in [4.69, 9.17) is 9.31 Å². The number of anilines is 2. The third-order valence-electron chi connectivity index (χ3n) is 12.4. The maximum atomic E-state index is 14.4. The summed E-state index contributed by atoms with van der Waals surface area (Å²) < 4.78 is 54.5. The van der Waals surface area contributed by atoms with Crippen LogP contribution in [0.3, 0.4) is 0 Å². The monoisotopic (exact) mass is 764 g/mol. The van der Waals surface area contributed by atoms with Crippen molar-refractivity contribution >= 4 is 36.0 Å². The van der Waals surface area contributed by atoms with Crippen molar-refractivity contribution in [3.8, 4) is 0 Å². The molecule has 8 rings (SSSR count). The van der Waals surface area contributed by atoms with E-state index in [1.54, 1.807) is 13.0 Å². The lowest BCUT2D eigenvalue weighted by atomic mass is 9.45.